The van der Waals surface area contributed by atoms with Crippen molar-refractivity contribution in [2.75, 3.05) is 20.1 Å². The van der Waals surface area contributed by atoms with Crippen molar-refractivity contribution in [2.45, 2.75) is 25.8 Å². The lowest BCUT2D eigenvalue weighted by Crippen LogP contribution is -2.34. The van der Waals surface area contributed by atoms with Gasteiger partial charge in [0.1, 0.15) is 0 Å². The van der Waals surface area contributed by atoms with Gasteiger partial charge < -0.3 is 14.9 Å². The molecule has 0 atom stereocenters. The predicted molar refractivity (Wildman–Crippen MR) is 157 cm³/mol. The maximum absolute atomic E-state index is 13.9. The number of carbonyl (C=O) groups is 3. The number of rotatable bonds is 12. The van der Waals surface area contributed by atoms with Gasteiger partial charge in [0.15, 0.2) is 0 Å². The second-order valence-electron chi connectivity index (χ2n) is 9.76. The van der Waals surface area contributed by atoms with Crippen LogP contribution < -0.4 is 0 Å². The van der Waals surface area contributed by atoms with Crippen LogP contribution in [0, 0.1) is 0 Å². The lowest BCUT2D eigenvalue weighted by Gasteiger charge is -2.24. The lowest BCUT2D eigenvalue weighted by molar-refractivity contribution is -0.137. The molecule has 0 aromatic heterocycles. The molecule has 1 N–H and O–H groups in total. The van der Waals surface area contributed by atoms with E-state index in [9.17, 15) is 19.5 Å². The quantitative estimate of drug-likeness (QED) is 0.236. The fraction of sp³-hybridized carbons (Fsp3) is 0.206. The third-order valence-corrected chi connectivity index (χ3v) is 6.83. The summed E-state index contributed by atoms with van der Waals surface area (Å²) in [6.45, 7) is 0.992. The van der Waals surface area contributed by atoms with Crippen LogP contribution in [-0.4, -0.2) is 52.8 Å². The zero-order chi connectivity index (χ0) is 28.3. The summed E-state index contributed by atoms with van der Waals surface area (Å²) in [5.41, 5.74) is 4.45. The lowest BCUT2D eigenvalue weighted by atomic mass is 9.94. The summed E-state index contributed by atoms with van der Waals surface area (Å²) < 4.78 is 0. The van der Waals surface area contributed by atoms with Crippen molar-refractivity contribution in [3.05, 3.63) is 131 Å². The molecule has 6 heteroatoms. The van der Waals surface area contributed by atoms with E-state index in [-0.39, 0.29) is 24.8 Å². The van der Waals surface area contributed by atoms with Crippen LogP contribution in [0.3, 0.4) is 0 Å². The summed E-state index contributed by atoms with van der Waals surface area (Å²) in [5.74, 6) is -1.34. The van der Waals surface area contributed by atoms with Crippen LogP contribution in [-0.2, 0) is 17.8 Å². The second kappa shape index (κ2) is 13.9. The summed E-state index contributed by atoms with van der Waals surface area (Å²) in [6.07, 6.45) is 1.35. The number of nitrogens with zero attached hydrogens (tertiary/aromatic N) is 2. The first-order valence-electron chi connectivity index (χ1n) is 13.5. The molecule has 0 spiro atoms. The van der Waals surface area contributed by atoms with E-state index < -0.39 is 5.97 Å². The molecule has 0 aliphatic carbocycles. The number of carbonyl (C=O) groups excluding carboxylic acids is 2. The average Bonchev–Trinajstić information content (AvgIpc) is 2.99. The number of aliphatic carboxylic acids is 1. The molecule has 0 saturated carbocycles. The maximum atomic E-state index is 13.9. The number of aryl methyl sites for hydroxylation is 1. The molecule has 2 amide bonds. The predicted octanol–water partition coefficient (Wildman–Crippen LogP) is 6.18. The maximum Gasteiger partial charge on any atom is 0.305 e. The summed E-state index contributed by atoms with van der Waals surface area (Å²) in [5, 5.41) is 9.33. The summed E-state index contributed by atoms with van der Waals surface area (Å²) in [6, 6.07) is 34.3. The van der Waals surface area contributed by atoms with Crippen LogP contribution >= 0.6 is 0 Å². The van der Waals surface area contributed by atoms with Crippen molar-refractivity contribution in [2.24, 2.45) is 0 Å². The first kappa shape index (κ1) is 28.3. The van der Waals surface area contributed by atoms with E-state index in [2.05, 4.69) is 0 Å². The minimum Gasteiger partial charge on any atom is -0.481 e. The molecule has 0 aliphatic heterocycles. The van der Waals surface area contributed by atoms with Crippen molar-refractivity contribution in [3.63, 3.8) is 0 Å². The number of hydrogen-bond acceptors (Lipinski definition) is 3. The van der Waals surface area contributed by atoms with E-state index >= 15 is 0 Å². The summed E-state index contributed by atoms with van der Waals surface area (Å²) in [4.78, 5) is 42.1. The zero-order valence-electron chi connectivity index (χ0n) is 22.7. The molecule has 40 heavy (non-hydrogen) atoms. The highest BCUT2D eigenvalue weighted by Gasteiger charge is 2.23. The molecule has 0 unspecified atom stereocenters. The number of hydrogen-bond donors (Lipinski definition) is 1. The first-order valence-corrected chi connectivity index (χ1v) is 13.5. The van der Waals surface area contributed by atoms with E-state index in [0.29, 0.717) is 41.8 Å². The Morgan fingerprint density at radius 1 is 0.625 bits per heavy atom. The fourth-order valence-corrected chi connectivity index (χ4v) is 4.78. The monoisotopic (exact) mass is 534 g/mol. The van der Waals surface area contributed by atoms with Gasteiger partial charge in [-0.3, -0.25) is 14.4 Å². The van der Waals surface area contributed by atoms with E-state index in [0.717, 1.165) is 12.0 Å². The molecule has 4 rings (SSSR count). The topological polar surface area (TPSA) is 77.9 Å². The van der Waals surface area contributed by atoms with Gasteiger partial charge in [0.2, 0.25) is 0 Å². The minimum absolute atomic E-state index is 0.109. The Morgan fingerprint density at radius 3 is 1.70 bits per heavy atom. The number of carboxylic acid groups (broad SMARTS) is 1. The molecule has 6 nitrogen and oxygen atoms in total. The molecule has 4 aromatic carbocycles. The second-order valence-corrected chi connectivity index (χ2v) is 9.76. The standard InChI is InChI=1S/C34H34N2O4/c1-35(25-27-15-6-3-7-16-27)33(39)30-20-10-8-18-28(30)29-19-9-11-21-31(29)34(40)36(24-22-32(37)38)23-12-17-26-13-4-2-5-14-26/h2-11,13-16,18-21H,12,17,22-25H2,1H3,(H,37,38). The molecular formula is C34H34N2O4. The highest BCUT2D eigenvalue weighted by molar-refractivity contribution is 6.06. The number of amides is 2. The van der Waals surface area contributed by atoms with Crippen LogP contribution in [0.25, 0.3) is 11.1 Å². The highest BCUT2D eigenvalue weighted by atomic mass is 16.4. The Kier molecular flexibility index (Phi) is 9.83. The van der Waals surface area contributed by atoms with Gasteiger partial charge in [-0.1, -0.05) is 97.1 Å². The SMILES string of the molecule is CN(Cc1ccccc1)C(=O)c1ccccc1-c1ccccc1C(=O)N(CCCc1ccccc1)CCC(=O)O. The Morgan fingerprint density at radius 2 is 1.12 bits per heavy atom. The van der Waals surface area contributed by atoms with Crippen LogP contribution in [0.5, 0.6) is 0 Å². The van der Waals surface area contributed by atoms with Crippen molar-refractivity contribution < 1.29 is 19.5 Å². The van der Waals surface area contributed by atoms with E-state index in [1.807, 2.05) is 91.0 Å². The molecule has 0 aliphatic rings. The van der Waals surface area contributed by atoms with Crippen molar-refractivity contribution in [3.8, 4) is 11.1 Å². The van der Waals surface area contributed by atoms with Gasteiger partial charge in [-0.05, 0) is 47.2 Å². The Bertz CT molecular complexity index is 1440. The van der Waals surface area contributed by atoms with Crippen molar-refractivity contribution >= 4 is 17.8 Å². The van der Waals surface area contributed by atoms with Crippen LogP contribution in [0.1, 0.15) is 44.7 Å². The van der Waals surface area contributed by atoms with Gasteiger partial charge in [-0.2, -0.15) is 0 Å². The van der Waals surface area contributed by atoms with E-state index in [1.54, 1.807) is 35.0 Å². The van der Waals surface area contributed by atoms with Crippen molar-refractivity contribution in [1.82, 2.24) is 9.80 Å². The number of benzene rings is 4. The van der Waals surface area contributed by atoms with E-state index in [4.69, 9.17) is 0 Å². The van der Waals surface area contributed by atoms with Gasteiger partial charge in [-0.25, -0.2) is 0 Å². The van der Waals surface area contributed by atoms with Gasteiger partial charge in [0.25, 0.3) is 11.8 Å². The highest BCUT2D eigenvalue weighted by Crippen LogP contribution is 2.29. The Balaban J connectivity index is 1.60. The molecule has 4 aromatic rings. The van der Waals surface area contributed by atoms with Crippen LogP contribution in [0.2, 0.25) is 0 Å². The van der Waals surface area contributed by atoms with Crippen LogP contribution in [0.15, 0.2) is 109 Å². The molecular weight excluding hydrogens is 500 g/mol. The first-order chi connectivity index (χ1) is 19.4. The van der Waals surface area contributed by atoms with Gasteiger partial charge in [-0.15, -0.1) is 0 Å². The third-order valence-electron chi connectivity index (χ3n) is 6.83. The Labute approximate surface area is 235 Å². The minimum atomic E-state index is -0.952. The third kappa shape index (κ3) is 7.44. The average molecular weight is 535 g/mol. The molecule has 204 valence electrons. The number of carboxylic acids is 1. The molecule has 0 saturated heterocycles. The van der Waals surface area contributed by atoms with Crippen LogP contribution in [0.4, 0.5) is 0 Å². The fourth-order valence-electron chi connectivity index (χ4n) is 4.78. The largest absolute Gasteiger partial charge is 0.481 e. The smallest absolute Gasteiger partial charge is 0.305 e. The molecule has 0 fully saturated rings. The molecule has 0 heterocycles. The van der Waals surface area contributed by atoms with Gasteiger partial charge >= 0.3 is 5.97 Å². The molecule has 0 bridgehead atoms. The Hall–Kier alpha value is -4.71. The normalized spacial score (nSPS) is 10.6. The molecule has 0 radical (unpaired) electrons. The van der Waals surface area contributed by atoms with Gasteiger partial charge in [0, 0.05) is 37.8 Å². The summed E-state index contributed by atoms with van der Waals surface area (Å²) >= 11 is 0. The van der Waals surface area contributed by atoms with Gasteiger partial charge in [0.05, 0.1) is 6.42 Å². The summed E-state index contributed by atoms with van der Waals surface area (Å²) in [7, 11) is 1.77. The van der Waals surface area contributed by atoms with Crippen molar-refractivity contribution in [1.29, 1.82) is 0 Å². The zero-order valence-corrected chi connectivity index (χ0v) is 22.7. The van der Waals surface area contributed by atoms with E-state index in [1.165, 1.54) is 5.56 Å².